The van der Waals surface area contributed by atoms with Crippen LogP contribution in [0.1, 0.15) is 13.3 Å². The quantitative estimate of drug-likeness (QED) is 0.463. The topological polar surface area (TPSA) is 42.3 Å². The first-order chi connectivity index (χ1) is 4.84. The number of hydrogen-bond acceptors (Lipinski definition) is 3. The minimum Gasteiger partial charge on any atom is -0.481 e. The van der Waals surface area contributed by atoms with Crippen LogP contribution in [-0.4, -0.2) is 25.7 Å². The van der Waals surface area contributed by atoms with Crippen molar-refractivity contribution in [3.05, 3.63) is 0 Å². The van der Waals surface area contributed by atoms with Crippen molar-refractivity contribution in [3.63, 3.8) is 0 Å². The second kappa shape index (κ2) is 3.56. The van der Waals surface area contributed by atoms with Gasteiger partial charge in [-0.3, -0.25) is 5.41 Å². The van der Waals surface area contributed by atoms with Crippen molar-refractivity contribution >= 4 is 5.90 Å². The van der Waals surface area contributed by atoms with E-state index in [9.17, 15) is 0 Å². The van der Waals surface area contributed by atoms with Gasteiger partial charge in [0.05, 0.1) is 19.1 Å². The van der Waals surface area contributed by atoms with E-state index in [0.29, 0.717) is 19.1 Å². The van der Waals surface area contributed by atoms with E-state index >= 15 is 0 Å². The highest BCUT2D eigenvalue weighted by Gasteiger charge is 2.20. The van der Waals surface area contributed by atoms with Crippen LogP contribution in [0.3, 0.4) is 0 Å². The molecule has 0 radical (unpaired) electrons. The molecule has 0 bridgehead atoms. The van der Waals surface area contributed by atoms with Gasteiger partial charge in [0, 0.05) is 6.61 Å². The maximum atomic E-state index is 7.38. The van der Waals surface area contributed by atoms with Gasteiger partial charge in [0.15, 0.2) is 5.90 Å². The summed E-state index contributed by atoms with van der Waals surface area (Å²) in [6, 6.07) is 0. The lowest BCUT2D eigenvalue weighted by Crippen LogP contribution is -2.16. The second-order valence-corrected chi connectivity index (χ2v) is 2.36. The van der Waals surface area contributed by atoms with Crippen LogP contribution in [0, 0.1) is 11.3 Å². The van der Waals surface area contributed by atoms with Gasteiger partial charge >= 0.3 is 0 Å². The predicted octanol–water partition coefficient (Wildman–Crippen LogP) is 1.04. The average molecular weight is 143 g/mol. The Morgan fingerprint density at radius 2 is 2.60 bits per heavy atom. The standard InChI is InChI=1S/C7H13NO2/c1-2-10-7(8)6-3-4-9-5-6/h6,8H,2-5H2,1H3. The molecule has 1 N–H and O–H groups in total. The lowest BCUT2D eigenvalue weighted by Gasteiger charge is -2.08. The van der Waals surface area contributed by atoms with Gasteiger partial charge in [-0.25, -0.2) is 0 Å². The third kappa shape index (κ3) is 1.70. The summed E-state index contributed by atoms with van der Waals surface area (Å²) in [7, 11) is 0. The van der Waals surface area contributed by atoms with E-state index in [1.54, 1.807) is 0 Å². The summed E-state index contributed by atoms with van der Waals surface area (Å²) < 4.78 is 10.1. The Hall–Kier alpha value is -0.570. The summed E-state index contributed by atoms with van der Waals surface area (Å²) in [5, 5.41) is 7.38. The van der Waals surface area contributed by atoms with E-state index in [-0.39, 0.29) is 5.92 Å². The van der Waals surface area contributed by atoms with Gasteiger partial charge in [-0.2, -0.15) is 0 Å². The molecule has 0 amide bonds. The SMILES string of the molecule is CCOC(=N)C1CCOC1. The first-order valence-electron chi connectivity index (χ1n) is 3.63. The molecule has 1 saturated heterocycles. The Kier molecular flexibility index (Phi) is 2.68. The summed E-state index contributed by atoms with van der Waals surface area (Å²) in [6.07, 6.45) is 0.943. The predicted molar refractivity (Wildman–Crippen MR) is 38.3 cm³/mol. The van der Waals surface area contributed by atoms with Crippen LogP contribution in [0.5, 0.6) is 0 Å². The van der Waals surface area contributed by atoms with Crippen LogP contribution >= 0.6 is 0 Å². The largest absolute Gasteiger partial charge is 0.481 e. The molecule has 1 heterocycles. The van der Waals surface area contributed by atoms with Crippen molar-refractivity contribution < 1.29 is 9.47 Å². The molecule has 0 saturated carbocycles. The molecule has 58 valence electrons. The van der Waals surface area contributed by atoms with Crippen molar-refractivity contribution in [2.45, 2.75) is 13.3 Å². The molecule has 3 heteroatoms. The monoisotopic (exact) mass is 143 g/mol. The smallest absolute Gasteiger partial charge is 0.185 e. The van der Waals surface area contributed by atoms with Gasteiger partial charge in [-0.05, 0) is 13.3 Å². The van der Waals surface area contributed by atoms with E-state index < -0.39 is 0 Å². The minimum absolute atomic E-state index is 0.222. The fourth-order valence-electron chi connectivity index (χ4n) is 1.01. The van der Waals surface area contributed by atoms with Crippen LogP contribution in [0.4, 0.5) is 0 Å². The highest BCUT2D eigenvalue weighted by molar-refractivity contribution is 5.75. The van der Waals surface area contributed by atoms with Crippen LogP contribution < -0.4 is 0 Å². The molecule has 1 rings (SSSR count). The van der Waals surface area contributed by atoms with Crippen molar-refractivity contribution in [1.82, 2.24) is 0 Å². The van der Waals surface area contributed by atoms with Gasteiger partial charge in [0.2, 0.25) is 0 Å². The van der Waals surface area contributed by atoms with Crippen LogP contribution in [-0.2, 0) is 9.47 Å². The Labute approximate surface area is 60.8 Å². The van der Waals surface area contributed by atoms with Gasteiger partial charge in [0.1, 0.15) is 0 Å². The first-order valence-corrected chi connectivity index (χ1v) is 3.63. The number of hydrogen-bond donors (Lipinski definition) is 1. The Bertz CT molecular complexity index is 119. The molecule has 0 aromatic heterocycles. The molecule has 3 nitrogen and oxygen atoms in total. The zero-order chi connectivity index (χ0) is 7.40. The molecule has 1 unspecified atom stereocenters. The molecular weight excluding hydrogens is 130 g/mol. The van der Waals surface area contributed by atoms with E-state index in [2.05, 4.69) is 0 Å². The molecule has 10 heavy (non-hydrogen) atoms. The van der Waals surface area contributed by atoms with Gasteiger partial charge in [-0.1, -0.05) is 0 Å². The normalized spacial score (nSPS) is 24.7. The third-order valence-electron chi connectivity index (χ3n) is 1.60. The van der Waals surface area contributed by atoms with Gasteiger partial charge < -0.3 is 9.47 Å². The molecule has 0 aromatic carbocycles. The molecule has 0 aliphatic carbocycles. The molecule has 1 atom stereocenters. The number of ether oxygens (including phenoxy) is 2. The lowest BCUT2D eigenvalue weighted by molar-refractivity contribution is 0.187. The molecular formula is C7H13NO2. The maximum Gasteiger partial charge on any atom is 0.185 e. The summed E-state index contributed by atoms with van der Waals surface area (Å²) in [5.74, 6) is 0.611. The summed E-state index contributed by atoms with van der Waals surface area (Å²) in [4.78, 5) is 0. The minimum atomic E-state index is 0.222. The van der Waals surface area contributed by atoms with Gasteiger partial charge in [-0.15, -0.1) is 0 Å². The van der Waals surface area contributed by atoms with Crippen LogP contribution in [0.25, 0.3) is 0 Å². The third-order valence-corrected chi connectivity index (χ3v) is 1.60. The summed E-state index contributed by atoms with van der Waals surface area (Å²) in [5.41, 5.74) is 0. The van der Waals surface area contributed by atoms with Crippen molar-refractivity contribution in [2.75, 3.05) is 19.8 Å². The lowest BCUT2D eigenvalue weighted by atomic mass is 10.1. The van der Waals surface area contributed by atoms with Crippen LogP contribution in [0.2, 0.25) is 0 Å². The number of rotatable bonds is 2. The zero-order valence-electron chi connectivity index (χ0n) is 6.22. The molecule has 0 aromatic rings. The average Bonchev–Trinajstić information content (AvgIpc) is 2.38. The van der Waals surface area contributed by atoms with Gasteiger partial charge in [0.25, 0.3) is 0 Å². The van der Waals surface area contributed by atoms with Crippen molar-refractivity contribution in [2.24, 2.45) is 5.92 Å². The Morgan fingerprint density at radius 1 is 1.80 bits per heavy atom. The van der Waals surface area contributed by atoms with E-state index in [4.69, 9.17) is 14.9 Å². The van der Waals surface area contributed by atoms with Crippen LogP contribution in [0.15, 0.2) is 0 Å². The summed E-state index contributed by atoms with van der Waals surface area (Å²) in [6.45, 7) is 3.93. The second-order valence-electron chi connectivity index (χ2n) is 2.36. The van der Waals surface area contributed by atoms with E-state index in [1.807, 2.05) is 6.92 Å². The Balaban J connectivity index is 2.25. The highest BCUT2D eigenvalue weighted by Crippen LogP contribution is 2.13. The fraction of sp³-hybridized carbons (Fsp3) is 0.857. The molecule has 1 fully saturated rings. The van der Waals surface area contributed by atoms with E-state index in [0.717, 1.165) is 13.0 Å². The molecule has 0 spiro atoms. The summed E-state index contributed by atoms with van der Waals surface area (Å²) >= 11 is 0. The van der Waals surface area contributed by atoms with E-state index in [1.165, 1.54) is 0 Å². The van der Waals surface area contributed by atoms with Crippen molar-refractivity contribution in [3.8, 4) is 0 Å². The molecule has 1 aliphatic heterocycles. The fourth-order valence-corrected chi connectivity index (χ4v) is 1.01. The maximum absolute atomic E-state index is 7.38. The zero-order valence-corrected chi connectivity index (χ0v) is 6.22. The number of nitrogens with one attached hydrogen (secondary N) is 1. The molecule has 1 aliphatic rings. The Morgan fingerprint density at radius 3 is 3.10 bits per heavy atom. The van der Waals surface area contributed by atoms with Crippen molar-refractivity contribution in [1.29, 1.82) is 5.41 Å². The first kappa shape index (κ1) is 7.54. The highest BCUT2D eigenvalue weighted by atomic mass is 16.5.